The SMILES string of the molecule is NC(=O)c1ccc(N)c(NCCCN2CCCC2)c1. The van der Waals surface area contributed by atoms with E-state index in [0.29, 0.717) is 11.3 Å². The maximum atomic E-state index is 11.1. The number of hydrogen-bond donors (Lipinski definition) is 3. The Bertz CT molecular complexity index is 441. The van der Waals surface area contributed by atoms with Gasteiger partial charge in [-0.05, 0) is 57.1 Å². The van der Waals surface area contributed by atoms with Crippen LogP contribution in [-0.2, 0) is 0 Å². The molecule has 5 N–H and O–H groups in total. The summed E-state index contributed by atoms with van der Waals surface area (Å²) in [5.74, 6) is -0.430. The van der Waals surface area contributed by atoms with Crippen molar-refractivity contribution in [1.82, 2.24) is 4.90 Å². The van der Waals surface area contributed by atoms with E-state index in [9.17, 15) is 4.79 Å². The lowest BCUT2D eigenvalue weighted by atomic mass is 10.1. The molecule has 0 aliphatic carbocycles. The molecule has 104 valence electrons. The van der Waals surface area contributed by atoms with Crippen molar-refractivity contribution in [2.24, 2.45) is 5.73 Å². The van der Waals surface area contributed by atoms with Crippen LogP contribution in [0.3, 0.4) is 0 Å². The number of nitrogen functional groups attached to an aromatic ring is 1. The molecule has 1 saturated heterocycles. The molecule has 0 aromatic heterocycles. The first-order valence-corrected chi connectivity index (χ1v) is 6.82. The number of likely N-dealkylation sites (tertiary alicyclic amines) is 1. The summed E-state index contributed by atoms with van der Waals surface area (Å²) in [7, 11) is 0. The summed E-state index contributed by atoms with van der Waals surface area (Å²) >= 11 is 0. The average molecular weight is 262 g/mol. The minimum atomic E-state index is -0.430. The Morgan fingerprint density at radius 2 is 2.05 bits per heavy atom. The molecule has 19 heavy (non-hydrogen) atoms. The zero-order valence-electron chi connectivity index (χ0n) is 11.2. The van der Waals surface area contributed by atoms with E-state index in [4.69, 9.17) is 11.5 Å². The monoisotopic (exact) mass is 262 g/mol. The molecule has 1 heterocycles. The van der Waals surface area contributed by atoms with Gasteiger partial charge in [-0.1, -0.05) is 0 Å². The van der Waals surface area contributed by atoms with Gasteiger partial charge in [0.25, 0.3) is 0 Å². The predicted molar refractivity (Wildman–Crippen MR) is 78.2 cm³/mol. The number of nitrogens with one attached hydrogen (secondary N) is 1. The topological polar surface area (TPSA) is 84.4 Å². The van der Waals surface area contributed by atoms with Crippen LogP contribution in [0.4, 0.5) is 11.4 Å². The molecule has 0 atom stereocenters. The second kappa shape index (κ2) is 6.43. The molecule has 5 heteroatoms. The Morgan fingerprint density at radius 3 is 2.74 bits per heavy atom. The van der Waals surface area contributed by atoms with Gasteiger partial charge in [0.05, 0.1) is 11.4 Å². The number of carbonyl (C=O) groups is 1. The number of nitrogens with two attached hydrogens (primary N) is 2. The van der Waals surface area contributed by atoms with Crippen LogP contribution in [-0.4, -0.2) is 37.0 Å². The molecule has 1 amide bonds. The van der Waals surface area contributed by atoms with Crippen LogP contribution in [0.15, 0.2) is 18.2 Å². The van der Waals surface area contributed by atoms with E-state index in [0.717, 1.165) is 25.2 Å². The summed E-state index contributed by atoms with van der Waals surface area (Å²) in [4.78, 5) is 13.6. The maximum Gasteiger partial charge on any atom is 0.248 e. The Labute approximate surface area is 113 Å². The maximum absolute atomic E-state index is 11.1. The van der Waals surface area contributed by atoms with Gasteiger partial charge >= 0.3 is 0 Å². The standard InChI is InChI=1S/C14H22N4O/c15-12-5-4-11(14(16)19)10-13(12)17-6-3-9-18-7-1-2-8-18/h4-5,10,17H,1-3,6-9,15H2,(H2,16,19). The lowest BCUT2D eigenvalue weighted by molar-refractivity contribution is 0.100. The lowest BCUT2D eigenvalue weighted by Gasteiger charge is -2.15. The number of hydrogen-bond acceptors (Lipinski definition) is 4. The van der Waals surface area contributed by atoms with E-state index in [-0.39, 0.29) is 0 Å². The molecule has 1 aromatic rings. The summed E-state index contributed by atoms with van der Waals surface area (Å²) in [5.41, 5.74) is 13.0. The van der Waals surface area contributed by atoms with Gasteiger partial charge in [-0.3, -0.25) is 4.79 Å². The van der Waals surface area contributed by atoms with E-state index in [1.807, 2.05) is 0 Å². The highest BCUT2D eigenvalue weighted by molar-refractivity contribution is 5.94. The van der Waals surface area contributed by atoms with Crippen LogP contribution in [0.1, 0.15) is 29.6 Å². The average Bonchev–Trinajstić information content (AvgIpc) is 2.89. The van der Waals surface area contributed by atoms with Crippen molar-refractivity contribution >= 4 is 17.3 Å². The van der Waals surface area contributed by atoms with Crippen molar-refractivity contribution in [2.45, 2.75) is 19.3 Å². The van der Waals surface area contributed by atoms with Crippen molar-refractivity contribution in [3.8, 4) is 0 Å². The van der Waals surface area contributed by atoms with Gasteiger partial charge in [0.1, 0.15) is 0 Å². The molecular weight excluding hydrogens is 240 g/mol. The highest BCUT2D eigenvalue weighted by Gasteiger charge is 2.10. The molecule has 1 aliphatic rings. The summed E-state index contributed by atoms with van der Waals surface area (Å²) in [6, 6.07) is 5.07. The van der Waals surface area contributed by atoms with Crippen LogP contribution in [0.25, 0.3) is 0 Å². The van der Waals surface area contributed by atoms with Gasteiger partial charge in [-0.15, -0.1) is 0 Å². The first kappa shape index (κ1) is 13.7. The molecule has 0 bridgehead atoms. The molecule has 0 unspecified atom stereocenters. The fourth-order valence-corrected chi connectivity index (χ4v) is 2.39. The molecule has 5 nitrogen and oxygen atoms in total. The molecule has 0 saturated carbocycles. The number of primary amides is 1. The van der Waals surface area contributed by atoms with Gasteiger partial charge < -0.3 is 21.7 Å². The van der Waals surface area contributed by atoms with Gasteiger partial charge in [0.15, 0.2) is 0 Å². The van der Waals surface area contributed by atoms with Crippen molar-refractivity contribution in [3.05, 3.63) is 23.8 Å². The summed E-state index contributed by atoms with van der Waals surface area (Å²) < 4.78 is 0. The highest BCUT2D eigenvalue weighted by Crippen LogP contribution is 2.19. The van der Waals surface area contributed by atoms with E-state index in [2.05, 4.69) is 10.2 Å². The Morgan fingerprint density at radius 1 is 1.32 bits per heavy atom. The Balaban J connectivity index is 1.81. The van der Waals surface area contributed by atoms with Crippen LogP contribution >= 0.6 is 0 Å². The number of carbonyl (C=O) groups excluding carboxylic acids is 1. The molecular formula is C14H22N4O. The third kappa shape index (κ3) is 3.86. The van der Waals surface area contributed by atoms with Crippen LogP contribution in [0.2, 0.25) is 0 Å². The van der Waals surface area contributed by atoms with E-state index >= 15 is 0 Å². The van der Waals surface area contributed by atoms with E-state index in [1.165, 1.54) is 25.9 Å². The van der Waals surface area contributed by atoms with Crippen LogP contribution in [0, 0.1) is 0 Å². The highest BCUT2D eigenvalue weighted by atomic mass is 16.1. The molecule has 0 spiro atoms. The molecule has 1 aromatic carbocycles. The van der Waals surface area contributed by atoms with Gasteiger partial charge in [0, 0.05) is 12.1 Å². The number of nitrogens with zero attached hydrogens (tertiary/aromatic N) is 1. The van der Waals surface area contributed by atoms with Crippen molar-refractivity contribution in [2.75, 3.05) is 37.2 Å². The summed E-state index contributed by atoms with van der Waals surface area (Å²) in [5, 5.41) is 3.27. The minimum Gasteiger partial charge on any atom is -0.397 e. The smallest absolute Gasteiger partial charge is 0.248 e. The second-order valence-corrected chi connectivity index (χ2v) is 5.00. The summed E-state index contributed by atoms with van der Waals surface area (Å²) in [6.07, 6.45) is 3.71. The molecule has 0 radical (unpaired) electrons. The number of benzene rings is 1. The van der Waals surface area contributed by atoms with Gasteiger partial charge in [-0.2, -0.15) is 0 Å². The van der Waals surface area contributed by atoms with E-state index < -0.39 is 5.91 Å². The molecule has 2 rings (SSSR count). The molecule has 1 aliphatic heterocycles. The Kier molecular flexibility index (Phi) is 4.63. The first-order chi connectivity index (χ1) is 9.16. The third-order valence-corrected chi connectivity index (χ3v) is 3.50. The third-order valence-electron chi connectivity index (χ3n) is 3.50. The van der Waals surface area contributed by atoms with Crippen molar-refractivity contribution in [3.63, 3.8) is 0 Å². The summed E-state index contributed by atoms with van der Waals surface area (Å²) in [6.45, 7) is 4.41. The van der Waals surface area contributed by atoms with Crippen molar-refractivity contribution in [1.29, 1.82) is 0 Å². The van der Waals surface area contributed by atoms with Crippen molar-refractivity contribution < 1.29 is 4.79 Å². The van der Waals surface area contributed by atoms with Gasteiger partial charge in [-0.25, -0.2) is 0 Å². The first-order valence-electron chi connectivity index (χ1n) is 6.82. The van der Waals surface area contributed by atoms with Crippen LogP contribution < -0.4 is 16.8 Å². The zero-order chi connectivity index (χ0) is 13.7. The second-order valence-electron chi connectivity index (χ2n) is 5.00. The fraction of sp³-hybridized carbons (Fsp3) is 0.500. The normalized spacial score (nSPS) is 15.6. The fourth-order valence-electron chi connectivity index (χ4n) is 2.39. The number of amides is 1. The van der Waals surface area contributed by atoms with Gasteiger partial charge in [0.2, 0.25) is 5.91 Å². The van der Waals surface area contributed by atoms with E-state index in [1.54, 1.807) is 18.2 Å². The molecule has 1 fully saturated rings. The quantitative estimate of drug-likeness (QED) is 0.532. The van der Waals surface area contributed by atoms with Crippen LogP contribution in [0.5, 0.6) is 0 Å². The predicted octanol–water partition coefficient (Wildman–Crippen LogP) is 1.27. The number of rotatable bonds is 6. The zero-order valence-corrected chi connectivity index (χ0v) is 11.2. The largest absolute Gasteiger partial charge is 0.397 e. The number of anilines is 2. The Hall–Kier alpha value is -1.75. The lowest BCUT2D eigenvalue weighted by Crippen LogP contribution is -2.22. The minimum absolute atomic E-state index is 0.430.